The molecule has 1 nitrogen and oxygen atoms in total. The Morgan fingerprint density at radius 3 is 2.16 bits per heavy atom. The fraction of sp³-hybridized carbons (Fsp3) is 0.571. The summed E-state index contributed by atoms with van der Waals surface area (Å²) in [6, 6.07) is 7.61. The van der Waals surface area contributed by atoms with Gasteiger partial charge in [-0.1, -0.05) is 38.1 Å². The first-order valence-corrected chi connectivity index (χ1v) is 6.65. The van der Waals surface area contributed by atoms with Gasteiger partial charge >= 0.3 is 6.18 Å². The summed E-state index contributed by atoms with van der Waals surface area (Å²) in [4.78, 5) is 0. The molecule has 0 aliphatic rings. The van der Waals surface area contributed by atoms with E-state index in [1.54, 1.807) is 0 Å². The van der Waals surface area contributed by atoms with Crippen molar-refractivity contribution in [1.82, 2.24) is 0 Å². The molecule has 0 fully saturated rings. The van der Waals surface area contributed by atoms with Crippen LogP contribution >= 0.6 is 11.6 Å². The van der Waals surface area contributed by atoms with Crippen LogP contribution in [-0.2, 0) is 4.74 Å². The highest BCUT2D eigenvalue weighted by Crippen LogP contribution is 2.25. The minimum atomic E-state index is -4.31. The van der Waals surface area contributed by atoms with Crippen LogP contribution in [0.3, 0.4) is 0 Å². The van der Waals surface area contributed by atoms with Crippen LogP contribution < -0.4 is 0 Å². The first-order valence-electron chi connectivity index (χ1n) is 6.22. The molecular weight excluding hydrogens is 277 g/mol. The third-order valence-corrected chi connectivity index (χ3v) is 3.39. The number of hydrogen-bond acceptors (Lipinski definition) is 1. The fourth-order valence-corrected chi connectivity index (χ4v) is 1.88. The summed E-state index contributed by atoms with van der Waals surface area (Å²) in [5.74, 6) is 0.462. The molecule has 0 aliphatic carbocycles. The summed E-state index contributed by atoms with van der Waals surface area (Å²) in [5.41, 5.74) is 1.97. The van der Waals surface area contributed by atoms with E-state index in [-0.39, 0.29) is 6.61 Å². The standard InChI is InChI=1S/C14H18ClF3O/c1-3-10(2)11-4-6-12(7-5-11)13(15)8-19-9-14(16,17)18/h4-7,10,13H,3,8-9H2,1-2H3. The number of hydrogen-bond donors (Lipinski definition) is 0. The lowest BCUT2D eigenvalue weighted by atomic mass is 9.97. The first kappa shape index (κ1) is 16.3. The molecule has 0 bridgehead atoms. The molecule has 0 radical (unpaired) electrons. The van der Waals surface area contributed by atoms with E-state index in [0.717, 1.165) is 12.0 Å². The predicted octanol–water partition coefficient (Wildman–Crippen LogP) is 5.06. The highest BCUT2D eigenvalue weighted by Gasteiger charge is 2.27. The average Bonchev–Trinajstić information content (AvgIpc) is 2.36. The van der Waals surface area contributed by atoms with Gasteiger partial charge in [0.05, 0.1) is 12.0 Å². The molecule has 2 unspecified atom stereocenters. The number of benzene rings is 1. The van der Waals surface area contributed by atoms with Gasteiger partial charge in [-0.2, -0.15) is 13.2 Å². The Kier molecular flexibility index (Phi) is 6.14. The van der Waals surface area contributed by atoms with E-state index >= 15 is 0 Å². The third-order valence-electron chi connectivity index (χ3n) is 3.01. The maximum atomic E-state index is 11.9. The second-order valence-electron chi connectivity index (χ2n) is 4.57. The van der Waals surface area contributed by atoms with E-state index in [1.165, 1.54) is 5.56 Å². The Bertz CT molecular complexity index is 375. The Morgan fingerprint density at radius 2 is 1.68 bits per heavy atom. The fourth-order valence-electron chi connectivity index (χ4n) is 1.64. The summed E-state index contributed by atoms with van der Waals surface area (Å²) in [5, 5.41) is -0.562. The van der Waals surface area contributed by atoms with Crippen molar-refractivity contribution in [3.05, 3.63) is 35.4 Å². The lowest BCUT2D eigenvalue weighted by Crippen LogP contribution is -2.18. The summed E-state index contributed by atoms with van der Waals surface area (Å²) in [7, 11) is 0. The average molecular weight is 295 g/mol. The van der Waals surface area contributed by atoms with Gasteiger partial charge in [0.15, 0.2) is 0 Å². The molecule has 2 atom stereocenters. The van der Waals surface area contributed by atoms with Crippen LogP contribution in [0.5, 0.6) is 0 Å². The molecule has 0 amide bonds. The van der Waals surface area contributed by atoms with E-state index in [2.05, 4.69) is 18.6 Å². The van der Waals surface area contributed by atoms with Crippen molar-refractivity contribution in [2.24, 2.45) is 0 Å². The summed E-state index contributed by atoms with van der Waals surface area (Å²) >= 11 is 6.01. The van der Waals surface area contributed by atoms with E-state index in [9.17, 15) is 13.2 Å². The van der Waals surface area contributed by atoms with Crippen molar-refractivity contribution in [3.63, 3.8) is 0 Å². The maximum absolute atomic E-state index is 11.9. The molecule has 108 valence electrons. The molecular formula is C14H18ClF3O. The lowest BCUT2D eigenvalue weighted by molar-refractivity contribution is -0.173. The summed E-state index contributed by atoms with van der Waals surface area (Å²) in [6.07, 6.45) is -3.27. The van der Waals surface area contributed by atoms with Gasteiger partial charge < -0.3 is 4.74 Å². The van der Waals surface area contributed by atoms with Crippen LogP contribution in [0.1, 0.15) is 42.7 Å². The minimum absolute atomic E-state index is 0.149. The SMILES string of the molecule is CCC(C)c1ccc(C(Cl)COCC(F)(F)F)cc1. The van der Waals surface area contributed by atoms with Gasteiger partial charge in [-0.05, 0) is 23.5 Å². The maximum Gasteiger partial charge on any atom is 0.411 e. The lowest BCUT2D eigenvalue weighted by Gasteiger charge is -2.14. The molecule has 0 heterocycles. The Labute approximate surface area is 116 Å². The second-order valence-corrected chi connectivity index (χ2v) is 5.10. The molecule has 1 aromatic rings. The van der Waals surface area contributed by atoms with Crippen LogP contribution in [0.15, 0.2) is 24.3 Å². The van der Waals surface area contributed by atoms with Crippen molar-refractivity contribution in [1.29, 1.82) is 0 Å². The van der Waals surface area contributed by atoms with Gasteiger partial charge in [-0.25, -0.2) is 0 Å². The van der Waals surface area contributed by atoms with Gasteiger partial charge in [0.2, 0.25) is 0 Å². The van der Waals surface area contributed by atoms with Gasteiger partial charge in [0.1, 0.15) is 6.61 Å². The number of alkyl halides is 4. The topological polar surface area (TPSA) is 9.23 Å². The Balaban J connectivity index is 2.51. The number of halogens is 4. The molecule has 1 rings (SSSR count). The molecule has 5 heteroatoms. The van der Waals surface area contributed by atoms with Gasteiger partial charge in [-0.15, -0.1) is 11.6 Å². The Morgan fingerprint density at radius 1 is 1.16 bits per heavy atom. The van der Waals surface area contributed by atoms with Crippen LogP contribution in [0.25, 0.3) is 0 Å². The third kappa shape index (κ3) is 5.83. The molecule has 0 spiro atoms. The quantitative estimate of drug-likeness (QED) is 0.666. The summed E-state index contributed by atoms with van der Waals surface area (Å²) < 4.78 is 40.3. The monoisotopic (exact) mass is 294 g/mol. The largest absolute Gasteiger partial charge is 0.411 e. The molecule has 19 heavy (non-hydrogen) atoms. The first-order chi connectivity index (χ1) is 8.83. The zero-order chi connectivity index (χ0) is 14.5. The van der Waals surface area contributed by atoms with E-state index < -0.39 is 18.2 Å². The molecule has 0 saturated carbocycles. The zero-order valence-corrected chi connectivity index (χ0v) is 11.8. The Hall–Kier alpha value is -0.740. The van der Waals surface area contributed by atoms with Crippen molar-refractivity contribution in [2.75, 3.05) is 13.2 Å². The summed E-state index contributed by atoms with van der Waals surface area (Å²) in [6.45, 7) is 2.82. The van der Waals surface area contributed by atoms with Crippen LogP contribution in [0.4, 0.5) is 13.2 Å². The normalized spacial score (nSPS) is 15.3. The second kappa shape index (κ2) is 7.15. The number of rotatable bonds is 6. The highest BCUT2D eigenvalue weighted by molar-refractivity contribution is 6.20. The molecule has 1 aromatic carbocycles. The van der Waals surface area contributed by atoms with E-state index in [0.29, 0.717) is 5.92 Å². The van der Waals surface area contributed by atoms with Crippen LogP contribution in [0, 0.1) is 0 Å². The van der Waals surface area contributed by atoms with Crippen molar-refractivity contribution < 1.29 is 17.9 Å². The predicted molar refractivity (Wildman–Crippen MR) is 70.6 cm³/mol. The molecule has 0 N–H and O–H groups in total. The smallest absolute Gasteiger partial charge is 0.370 e. The van der Waals surface area contributed by atoms with Crippen molar-refractivity contribution in [2.45, 2.75) is 37.7 Å². The number of ether oxygens (including phenoxy) is 1. The van der Waals surface area contributed by atoms with Crippen LogP contribution in [0.2, 0.25) is 0 Å². The molecule has 0 saturated heterocycles. The van der Waals surface area contributed by atoms with E-state index in [1.807, 2.05) is 24.3 Å². The van der Waals surface area contributed by atoms with Gasteiger partial charge in [0.25, 0.3) is 0 Å². The minimum Gasteiger partial charge on any atom is -0.370 e. The van der Waals surface area contributed by atoms with Crippen molar-refractivity contribution >= 4 is 11.6 Å². The van der Waals surface area contributed by atoms with Crippen LogP contribution in [-0.4, -0.2) is 19.4 Å². The zero-order valence-electron chi connectivity index (χ0n) is 11.0. The molecule has 0 aliphatic heterocycles. The molecule has 0 aromatic heterocycles. The van der Waals surface area contributed by atoms with Gasteiger partial charge in [0, 0.05) is 0 Å². The van der Waals surface area contributed by atoms with Crippen molar-refractivity contribution in [3.8, 4) is 0 Å². The highest BCUT2D eigenvalue weighted by atomic mass is 35.5. The van der Waals surface area contributed by atoms with Gasteiger partial charge in [-0.3, -0.25) is 0 Å². The van der Waals surface area contributed by atoms with E-state index in [4.69, 9.17) is 11.6 Å².